The third-order valence-corrected chi connectivity index (χ3v) is 2.58. The van der Waals surface area contributed by atoms with Gasteiger partial charge in [0.25, 0.3) is 0 Å². The number of nitrogens with zero attached hydrogens (tertiary/aromatic N) is 1. The van der Waals surface area contributed by atoms with E-state index in [-0.39, 0.29) is 5.91 Å². The monoisotopic (exact) mass is 240 g/mol. The molecule has 0 aromatic carbocycles. The predicted molar refractivity (Wildman–Crippen MR) is 74.1 cm³/mol. The maximum atomic E-state index is 11.4. The van der Waals surface area contributed by atoms with E-state index in [1.165, 1.54) is 19.3 Å². The average molecular weight is 240 g/mol. The van der Waals surface area contributed by atoms with Crippen molar-refractivity contribution in [2.75, 3.05) is 0 Å². The average Bonchev–Trinajstić information content (AvgIpc) is 2.25. The Hall–Kier alpha value is -0.860. The summed E-state index contributed by atoms with van der Waals surface area (Å²) in [6, 6.07) is 0. The van der Waals surface area contributed by atoms with Crippen LogP contribution in [0.2, 0.25) is 0 Å². The van der Waals surface area contributed by atoms with Gasteiger partial charge in [0.05, 0.1) is 0 Å². The first kappa shape index (κ1) is 16.1. The van der Waals surface area contributed by atoms with Gasteiger partial charge in [-0.1, -0.05) is 46.5 Å². The van der Waals surface area contributed by atoms with E-state index < -0.39 is 0 Å². The number of hydrazone groups is 1. The SMILES string of the molecule is CCCCCCCC(=O)N/N=C(\C)CC(C)C. The zero-order chi connectivity index (χ0) is 13.1. The topological polar surface area (TPSA) is 41.5 Å². The van der Waals surface area contributed by atoms with Gasteiger partial charge in [0, 0.05) is 12.1 Å². The fourth-order valence-corrected chi connectivity index (χ4v) is 1.74. The molecule has 0 saturated heterocycles. The summed E-state index contributed by atoms with van der Waals surface area (Å²) in [5.74, 6) is 0.634. The number of rotatable bonds is 9. The van der Waals surface area contributed by atoms with Gasteiger partial charge < -0.3 is 0 Å². The molecule has 3 heteroatoms. The van der Waals surface area contributed by atoms with Crippen LogP contribution >= 0.6 is 0 Å². The lowest BCUT2D eigenvalue weighted by atomic mass is 10.1. The van der Waals surface area contributed by atoms with E-state index in [2.05, 4.69) is 31.3 Å². The van der Waals surface area contributed by atoms with Crippen molar-refractivity contribution in [1.82, 2.24) is 5.43 Å². The lowest BCUT2D eigenvalue weighted by Gasteiger charge is -2.04. The molecular weight excluding hydrogens is 212 g/mol. The largest absolute Gasteiger partial charge is 0.273 e. The Labute approximate surface area is 106 Å². The Morgan fingerprint density at radius 2 is 1.82 bits per heavy atom. The first-order valence-corrected chi connectivity index (χ1v) is 6.88. The van der Waals surface area contributed by atoms with Gasteiger partial charge in [0.2, 0.25) is 5.91 Å². The molecular formula is C14H28N2O. The van der Waals surface area contributed by atoms with Gasteiger partial charge in [-0.05, 0) is 25.7 Å². The normalized spacial score (nSPS) is 11.9. The molecule has 0 aliphatic rings. The molecule has 0 bridgehead atoms. The standard InChI is InChI=1S/C14H28N2O/c1-5-6-7-8-9-10-14(17)16-15-13(4)11-12(2)3/h12H,5-11H2,1-4H3,(H,16,17)/b15-13+. The van der Waals surface area contributed by atoms with Crippen molar-refractivity contribution in [2.24, 2.45) is 11.0 Å². The molecule has 0 spiro atoms. The number of hydrogen-bond donors (Lipinski definition) is 1. The fourth-order valence-electron chi connectivity index (χ4n) is 1.74. The van der Waals surface area contributed by atoms with E-state index in [0.29, 0.717) is 12.3 Å². The molecule has 0 saturated carbocycles. The maximum Gasteiger partial charge on any atom is 0.240 e. The molecule has 1 N–H and O–H groups in total. The van der Waals surface area contributed by atoms with Crippen LogP contribution < -0.4 is 5.43 Å². The molecule has 0 radical (unpaired) electrons. The van der Waals surface area contributed by atoms with Crippen LogP contribution in [0.1, 0.15) is 72.6 Å². The second kappa shape index (κ2) is 10.3. The minimum atomic E-state index is 0.0459. The smallest absolute Gasteiger partial charge is 0.240 e. The summed E-state index contributed by atoms with van der Waals surface area (Å²) in [7, 11) is 0. The molecule has 0 aliphatic carbocycles. The second-order valence-electron chi connectivity index (χ2n) is 5.14. The Kier molecular flexibility index (Phi) is 9.78. The van der Waals surface area contributed by atoms with Gasteiger partial charge in [0.1, 0.15) is 0 Å². The van der Waals surface area contributed by atoms with Crippen molar-refractivity contribution < 1.29 is 4.79 Å². The van der Waals surface area contributed by atoms with E-state index >= 15 is 0 Å². The summed E-state index contributed by atoms with van der Waals surface area (Å²) in [6.45, 7) is 8.45. The third-order valence-electron chi connectivity index (χ3n) is 2.58. The zero-order valence-corrected chi connectivity index (χ0v) is 11.9. The van der Waals surface area contributed by atoms with Crippen molar-refractivity contribution in [3.63, 3.8) is 0 Å². The summed E-state index contributed by atoms with van der Waals surface area (Å²) in [6.07, 6.45) is 7.41. The van der Waals surface area contributed by atoms with Gasteiger partial charge >= 0.3 is 0 Å². The maximum absolute atomic E-state index is 11.4. The van der Waals surface area contributed by atoms with E-state index in [0.717, 1.165) is 25.0 Å². The first-order valence-electron chi connectivity index (χ1n) is 6.88. The number of unbranched alkanes of at least 4 members (excludes halogenated alkanes) is 4. The number of amides is 1. The van der Waals surface area contributed by atoms with E-state index in [4.69, 9.17) is 0 Å². The molecule has 3 nitrogen and oxygen atoms in total. The van der Waals surface area contributed by atoms with Crippen molar-refractivity contribution in [3.05, 3.63) is 0 Å². The highest BCUT2D eigenvalue weighted by Gasteiger charge is 2.01. The molecule has 1 amide bonds. The minimum Gasteiger partial charge on any atom is -0.273 e. The van der Waals surface area contributed by atoms with Crippen LogP contribution in [0.25, 0.3) is 0 Å². The minimum absolute atomic E-state index is 0.0459. The molecule has 0 aromatic heterocycles. The molecule has 0 aromatic rings. The number of carbonyl (C=O) groups is 1. The van der Waals surface area contributed by atoms with Gasteiger partial charge in [0.15, 0.2) is 0 Å². The molecule has 0 unspecified atom stereocenters. The van der Waals surface area contributed by atoms with E-state index in [1.54, 1.807) is 0 Å². The summed E-state index contributed by atoms with van der Waals surface area (Å²) >= 11 is 0. The van der Waals surface area contributed by atoms with Crippen molar-refractivity contribution in [1.29, 1.82) is 0 Å². The van der Waals surface area contributed by atoms with Crippen LogP contribution in [0.3, 0.4) is 0 Å². The van der Waals surface area contributed by atoms with Crippen LogP contribution in [0.5, 0.6) is 0 Å². The van der Waals surface area contributed by atoms with E-state index in [9.17, 15) is 4.79 Å². The lowest BCUT2D eigenvalue weighted by Crippen LogP contribution is -2.18. The molecule has 0 fully saturated rings. The van der Waals surface area contributed by atoms with Crippen LogP contribution in [0, 0.1) is 5.92 Å². The van der Waals surface area contributed by atoms with Crippen LogP contribution in [0.4, 0.5) is 0 Å². The first-order chi connectivity index (χ1) is 8.06. The Balaban J connectivity index is 3.58. The lowest BCUT2D eigenvalue weighted by molar-refractivity contribution is -0.121. The van der Waals surface area contributed by atoms with Crippen LogP contribution in [-0.2, 0) is 4.79 Å². The third kappa shape index (κ3) is 11.4. The van der Waals surface area contributed by atoms with Crippen LogP contribution in [0.15, 0.2) is 5.10 Å². The highest BCUT2D eigenvalue weighted by molar-refractivity contribution is 5.84. The van der Waals surface area contributed by atoms with Crippen molar-refractivity contribution >= 4 is 11.6 Å². The van der Waals surface area contributed by atoms with Crippen LogP contribution in [-0.4, -0.2) is 11.6 Å². The Bertz CT molecular complexity index is 234. The summed E-state index contributed by atoms with van der Waals surface area (Å²) in [5.41, 5.74) is 3.63. The quantitative estimate of drug-likeness (QED) is 0.371. The Morgan fingerprint density at radius 3 is 2.41 bits per heavy atom. The highest BCUT2D eigenvalue weighted by Crippen LogP contribution is 2.05. The molecule has 0 heterocycles. The predicted octanol–water partition coefficient (Wildman–Crippen LogP) is 3.89. The molecule has 0 aliphatic heterocycles. The summed E-state index contributed by atoms with van der Waals surface area (Å²) in [4.78, 5) is 11.4. The fraction of sp³-hybridized carbons (Fsp3) is 0.857. The number of carbonyl (C=O) groups excluding carboxylic acids is 1. The number of hydrogen-bond acceptors (Lipinski definition) is 2. The molecule has 0 atom stereocenters. The summed E-state index contributed by atoms with van der Waals surface area (Å²) < 4.78 is 0. The van der Waals surface area contributed by atoms with Gasteiger partial charge in [-0.2, -0.15) is 5.10 Å². The van der Waals surface area contributed by atoms with Gasteiger partial charge in [-0.25, -0.2) is 5.43 Å². The van der Waals surface area contributed by atoms with Gasteiger partial charge in [-0.15, -0.1) is 0 Å². The number of nitrogens with one attached hydrogen (secondary N) is 1. The molecule has 100 valence electrons. The van der Waals surface area contributed by atoms with Crippen molar-refractivity contribution in [2.45, 2.75) is 72.6 Å². The van der Waals surface area contributed by atoms with E-state index in [1.807, 2.05) is 6.92 Å². The Morgan fingerprint density at radius 1 is 1.18 bits per heavy atom. The molecule has 0 rings (SSSR count). The summed E-state index contributed by atoms with van der Waals surface area (Å²) in [5, 5.41) is 4.10. The zero-order valence-electron chi connectivity index (χ0n) is 11.9. The van der Waals surface area contributed by atoms with Crippen molar-refractivity contribution in [3.8, 4) is 0 Å². The second-order valence-corrected chi connectivity index (χ2v) is 5.14. The molecule has 17 heavy (non-hydrogen) atoms. The van der Waals surface area contributed by atoms with Gasteiger partial charge in [-0.3, -0.25) is 4.79 Å². The highest BCUT2D eigenvalue weighted by atomic mass is 16.2.